The highest BCUT2D eigenvalue weighted by atomic mass is 16.3. The quantitative estimate of drug-likeness (QED) is 0.175. The molecule has 0 saturated heterocycles. The second-order valence-electron chi connectivity index (χ2n) is 14.4. The Morgan fingerprint density at radius 3 is 1.49 bits per heavy atom. The molecule has 0 unspecified atom stereocenters. The van der Waals surface area contributed by atoms with E-state index in [1.807, 2.05) is 72.8 Å². The fraction of sp³-hybridized carbons (Fsp3) is 0. The van der Waals surface area contributed by atoms with Gasteiger partial charge in [-0.3, -0.25) is 0 Å². The average Bonchev–Trinajstić information content (AvgIpc) is 3.97. The lowest BCUT2D eigenvalue weighted by molar-refractivity contribution is 0.668. The van der Waals surface area contributed by atoms with Gasteiger partial charge in [0, 0.05) is 49.0 Å². The van der Waals surface area contributed by atoms with Crippen LogP contribution in [0.5, 0.6) is 0 Å². The van der Waals surface area contributed by atoms with E-state index < -0.39 is 0 Å². The molecule has 266 valence electrons. The molecule has 0 aliphatic rings. The number of aromatic nitrogens is 3. The van der Waals surface area contributed by atoms with Gasteiger partial charge in [-0.05, 0) is 82.9 Å². The van der Waals surface area contributed by atoms with Crippen LogP contribution in [0.2, 0.25) is 0 Å². The van der Waals surface area contributed by atoms with Gasteiger partial charge in [-0.15, -0.1) is 0 Å². The molecule has 6 nitrogen and oxygen atoms in total. The third kappa shape index (κ3) is 5.15. The van der Waals surface area contributed by atoms with E-state index in [0.29, 0.717) is 17.5 Å². The van der Waals surface area contributed by atoms with E-state index in [-0.39, 0.29) is 0 Å². The molecule has 12 rings (SSSR count). The molecule has 0 aliphatic heterocycles. The van der Waals surface area contributed by atoms with Gasteiger partial charge in [0.25, 0.3) is 0 Å². The molecular formula is C51H29N3O3. The molecule has 0 radical (unpaired) electrons. The number of nitrogens with zero attached hydrogens (tertiary/aromatic N) is 3. The lowest BCUT2D eigenvalue weighted by Gasteiger charge is -2.10. The first-order chi connectivity index (χ1) is 28.2. The number of hydrogen-bond donors (Lipinski definition) is 0. The standard InChI is InChI=1S/C51H29N3O3/c1-2-10-30(11-3-1)31-22-25-44-41(27-31)39-24-21-35(29-47(39)57-44)51-53-49(52-50(54-51)34-20-23-38-37-14-4-6-17-42(37)56-46(38)28-34)33-13-8-12-32(26-33)36-16-9-19-45-48(36)40-15-5-7-18-43(40)55-45/h1-29H. The summed E-state index contributed by atoms with van der Waals surface area (Å²) in [6.45, 7) is 0. The zero-order chi connectivity index (χ0) is 37.5. The van der Waals surface area contributed by atoms with E-state index in [9.17, 15) is 0 Å². The molecule has 0 spiro atoms. The van der Waals surface area contributed by atoms with Crippen LogP contribution in [0.15, 0.2) is 189 Å². The summed E-state index contributed by atoms with van der Waals surface area (Å²) in [5, 5.41) is 6.37. The van der Waals surface area contributed by atoms with Gasteiger partial charge in [-0.25, -0.2) is 15.0 Å². The zero-order valence-corrected chi connectivity index (χ0v) is 30.3. The van der Waals surface area contributed by atoms with Crippen LogP contribution in [0.4, 0.5) is 0 Å². The molecule has 0 bridgehead atoms. The number of benzene rings is 8. The molecule has 0 N–H and O–H groups in total. The topological polar surface area (TPSA) is 78.1 Å². The molecule has 8 aromatic carbocycles. The van der Waals surface area contributed by atoms with Crippen molar-refractivity contribution in [1.82, 2.24) is 15.0 Å². The maximum Gasteiger partial charge on any atom is 0.164 e. The highest BCUT2D eigenvalue weighted by Crippen LogP contribution is 2.39. The molecule has 0 fully saturated rings. The van der Waals surface area contributed by atoms with Crippen LogP contribution in [-0.4, -0.2) is 15.0 Å². The zero-order valence-electron chi connectivity index (χ0n) is 30.3. The van der Waals surface area contributed by atoms with Crippen molar-refractivity contribution in [3.63, 3.8) is 0 Å². The molecular weight excluding hydrogens is 703 g/mol. The molecule has 0 aliphatic carbocycles. The number of rotatable bonds is 5. The summed E-state index contributed by atoms with van der Waals surface area (Å²) >= 11 is 0. The Morgan fingerprint density at radius 2 is 0.754 bits per heavy atom. The minimum atomic E-state index is 0.542. The molecule has 4 heterocycles. The summed E-state index contributed by atoms with van der Waals surface area (Å²) < 4.78 is 19.0. The Kier molecular flexibility index (Phi) is 6.83. The smallest absolute Gasteiger partial charge is 0.164 e. The lowest BCUT2D eigenvalue weighted by atomic mass is 9.98. The summed E-state index contributed by atoms with van der Waals surface area (Å²) in [4.78, 5) is 15.4. The van der Waals surface area contributed by atoms with Crippen molar-refractivity contribution in [1.29, 1.82) is 0 Å². The minimum Gasteiger partial charge on any atom is -0.456 e. The molecule has 57 heavy (non-hydrogen) atoms. The van der Waals surface area contributed by atoms with Crippen LogP contribution in [0.3, 0.4) is 0 Å². The number of para-hydroxylation sites is 2. The SMILES string of the molecule is c1ccc(-c2ccc3oc4cc(-c5nc(-c6cccc(-c7cccc8oc9ccccc9c78)c6)nc(-c6ccc7c(c6)oc6ccccc67)n5)ccc4c3c2)cc1. The van der Waals surface area contributed by atoms with E-state index in [4.69, 9.17) is 28.2 Å². The normalized spacial score (nSPS) is 11.9. The largest absolute Gasteiger partial charge is 0.456 e. The van der Waals surface area contributed by atoms with Crippen LogP contribution in [-0.2, 0) is 0 Å². The molecule has 0 amide bonds. The Bertz CT molecular complexity index is 3540. The van der Waals surface area contributed by atoms with Crippen LogP contribution >= 0.6 is 0 Å². The van der Waals surface area contributed by atoms with Crippen LogP contribution in [0.1, 0.15) is 0 Å². The van der Waals surface area contributed by atoms with Gasteiger partial charge in [-0.1, -0.05) is 115 Å². The van der Waals surface area contributed by atoms with Crippen LogP contribution in [0.25, 0.3) is 122 Å². The first kappa shape index (κ1) is 31.5. The first-order valence-electron chi connectivity index (χ1n) is 18.9. The van der Waals surface area contributed by atoms with E-state index in [1.54, 1.807) is 0 Å². The van der Waals surface area contributed by atoms with Crippen molar-refractivity contribution in [2.24, 2.45) is 0 Å². The van der Waals surface area contributed by atoms with Crippen molar-refractivity contribution in [3.8, 4) is 56.4 Å². The van der Waals surface area contributed by atoms with Gasteiger partial charge in [0.15, 0.2) is 17.5 Å². The highest BCUT2D eigenvalue weighted by molar-refractivity contribution is 6.12. The molecule has 0 atom stereocenters. The average molecular weight is 732 g/mol. The maximum absolute atomic E-state index is 6.44. The number of fused-ring (bicyclic) bond motifs is 9. The highest BCUT2D eigenvalue weighted by Gasteiger charge is 2.18. The summed E-state index contributed by atoms with van der Waals surface area (Å²) in [6, 6.07) is 59.9. The Hall–Kier alpha value is -7.83. The van der Waals surface area contributed by atoms with Crippen LogP contribution in [0, 0.1) is 0 Å². The minimum absolute atomic E-state index is 0.542. The summed E-state index contributed by atoms with van der Waals surface area (Å²) in [7, 11) is 0. The van der Waals surface area contributed by atoms with E-state index in [0.717, 1.165) is 105 Å². The summed E-state index contributed by atoms with van der Waals surface area (Å²) in [5.74, 6) is 1.64. The fourth-order valence-electron chi connectivity index (χ4n) is 8.20. The summed E-state index contributed by atoms with van der Waals surface area (Å²) in [6.07, 6.45) is 0. The molecule has 0 saturated carbocycles. The van der Waals surface area contributed by atoms with Gasteiger partial charge in [0.05, 0.1) is 0 Å². The number of furan rings is 3. The lowest BCUT2D eigenvalue weighted by Crippen LogP contribution is -2.00. The van der Waals surface area contributed by atoms with E-state index >= 15 is 0 Å². The molecule has 6 heteroatoms. The Labute approximate surface area is 325 Å². The second kappa shape index (κ2) is 12.3. The monoisotopic (exact) mass is 731 g/mol. The van der Waals surface area contributed by atoms with Gasteiger partial charge in [-0.2, -0.15) is 0 Å². The second-order valence-corrected chi connectivity index (χ2v) is 14.4. The van der Waals surface area contributed by atoms with Crippen molar-refractivity contribution in [3.05, 3.63) is 176 Å². The maximum atomic E-state index is 6.44. The molecule has 12 aromatic rings. The Morgan fingerprint density at radius 1 is 0.263 bits per heavy atom. The third-order valence-corrected chi connectivity index (χ3v) is 10.9. The fourth-order valence-corrected chi connectivity index (χ4v) is 8.20. The van der Waals surface area contributed by atoms with Gasteiger partial charge in [0.1, 0.15) is 33.5 Å². The van der Waals surface area contributed by atoms with E-state index in [2.05, 4.69) is 103 Å². The predicted octanol–water partition coefficient (Wildman–Crippen LogP) is 13.9. The number of hydrogen-bond acceptors (Lipinski definition) is 6. The van der Waals surface area contributed by atoms with Crippen LogP contribution < -0.4 is 0 Å². The third-order valence-electron chi connectivity index (χ3n) is 10.9. The van der Waals surface area contributed by atoms with Gasteiger partial charge >= 0.3 is 0 Å². The van der Waals surface area contributed by atoms with Gasteiger partial charge < -0.3 is 13.3 Å². The van der Waals surface area contributed by atoms with Crippen molar-refractivity contribution in [2.75, 3.05) is 0 Å². The van der Waals surface area contributed by atoms with Gasteiger partial charge in [0.2, 0.25) is 0 Å². The molecule has 4 aromatic heterocycles. The summed E-state index contributed by atoms with van der Waals surface area (Å²) in [5.41, 5.74) is 11.9. The Balaban J connectivity index is 1.02. The van der Waals surface area contributed by atoms with Crippen molar-refractivity contribution in [2.45, 2.75) is 0 Å². The first-order valence-corrected chi connectivity index (χ1v) is 18.9. The predicted molar refractivity (Wildman–Crippen MR) is 229 cm³/mol. The van der Waals surface area contributed by atoms with E-state index in [1.165, 1.54) is 0 Å². The van der Waals surface area contributed by atoms with Crippen molar-refractivity contribution >= 4 is 65.8 Å². The van der Waals surface area contributed by atoms with Crippen molar-refractivity contribution < 1.29 is 13.3 Å².